The number of hydrogen-bond acceptors (Lipinski definition) is 4. The SMILES string of the molecule is CCC(=O)Oc1ccc2c(c1)O/C(=C\c1cn(CC)c3ccccc13)C2=O. The lowest BCUT2D eigenvalue weighted by atomic mass is 10.1. The number of aromatic nitrogens is 1. The van der Waals surface area contributed by atoms with E-state index in [-0.39, 0.29) is 23.9 Å². The van der Waals surface area contributed by atoms with Crippen LogP contribution in [0.4, 0.5) is 0 Å². The number of para-hydroxylation sites is 1. The molecule has 3 aromatic rings. The standard InChI is InChI=1S/C22H19NO4/c1-3-21(24)26-15-9-10-17-19(12-15)27-20(22(17)25)11-14-13-23(4-2)18-8-6-5-7-16(14)18/h5-13H,3-4H2,1-2H3/b20-11-. The Labute approximate surface area is 156 Å². The third-order valence-corrected chi connectivity index (χ3v) is 4.61. The molecule has 27 heavy (non-hydrogen) atoms. The Morgan fingerprint density at radius 3 is 2.78 bits per heavy atom. The monoisotopic (exact) mass is 361 g/mol. The van der Waals surface area contributed by atoms with Crippen LogP contribution in [0.25, 0.3) is 17.0 Å². The van der Waals surface area contributed by atoms with E-state index in [1.165, 1.54) is 0 Å². The molecule has 4 rings (SSSR count). The minimum absolute atomic E-state index is 0.174. The van der Waals surface area contributed by atoms with E-state index >= 15 is 0 Å². The zero-order valence-electron chi connectivity index (χ0n) is 15.2. The van der Waals surface area contributed by atoms with Crippen LogP contribution in [0.15, 0.2) is 54.4 Å². The summed E-state index contributed by atoms with van der Waals surface area (Å²) >= 11 is 0. The van der Waals surface area contributed by atoms with Crippen LogP contribution in [0.3, 0.4) is 0 Å². The number of ether oxygens (including phenoxy) is 2. The number of allylic oxidation sites excluding steroid dienone is 1. The third-order valence-electron chi connectivity index (χ3n) is 4.61. The lowest BCUT2D eigenvalue weighted by Crippen LogP contribution is -2.05. The van der Waals surface area contributed by atoms with Crippen LogP contribution in [0.5, 0.6) is 11.5 Å². The zero-order valence-corrected chi connectivity index (χ0v) is 15.2. The van der Waals surface area contributed by atoms with Gasteiger partial charge in [0.05, 0.1) is 5.56 Å². The molecule has 0 saturated heterocycles. The predicted molar refractivity (Wildman–Crippen MR) is 103 cm³/mol. The maximum Gasteiger partial charge on any atom is 0.310 e. The minimum Gasteiger partial charge on any atom is -0.452 e. The van der Waals surface area contributed by atoms with Gasteiger partial charge in [-0.2, -0.15) is 0 Å². The second kappa shape index (κ2) is 6.76. The van der Waals surface area contributed by atoms with Gasteiger partial charge in [0.2, 0.25) is 5.78 Å². The smallest absolute Gasteiger partial charge is 0.310 e. The molecule has 0 aliphatic carbocycles. The molecule has 5 heteroatoms. The molecular weight excluding hydrogens is 342 g/mol. The summed E-state index contributed by atoms with van der Waals surface area (Å²) in [6.45, 7) is 4.64. The fourth-order valence-corrected chi connectivity index (χ4v) is 3.23. The molecule has 2 aromatic carbocycles. The Kier molecular flexibility index (Phi) is 4.28. The quantitative estimate of drug-likeness (QED) is 0.387. The van der Waals surface area contributed by atoms with Gasteiger partial charge in [0.25, 0.3) is 0 Å². The van der Waals surface area contributed by atoms with E-state index in [0.29, 0.717) is 17.1 Å². The van der Waals surface area contributed by atoms with Gasteiger partial charge in [-0.25, -0.2) is 0 Å². The highest BCUT2D eigenvalue weighted by atomic mass is 16.5. The van der Waals surface area contributed by atoms with Gasteiger partial charge in [0.1, 0.15) is 11.5 Å². The molecular formula is C22H19NO4. The number of carbonyl (C=O) groups excluding carboxylic acids is 2. The van der Waals surface area contributed by atoms with Crippen molar-refractivity contribution in [3.8, 4) is 11.5 Å². The van der Waals surface area contributed by atoms with Gasteiger partial charge in [-0.15, -0.1) is 0 Å². The number of ketones is 1. The first kappa shape index (κ1) is 17.1. The summed E-state index contributed by atoms with van der Waals surface area (Å²) in [7, 11) is 0. The average Bonchev–Trinajstić information content (AvgIpc) is 3.19. The minimum atomic E-state index is -0.331. The van der Waals surface area contributed by atoms with Gasteiger partial charge in [-0.05, 0) is 31.2 Å². The Morgan fingerprint density at radius 2 is 2.00 bits per heavy atom. The van der Waals surface area contributed by atoms with E-state index in [0.717, 1.165) is 23.0 Å². The molecule has 0 amide bonds. The number of benzene rings is 2. The number of carbonyl (C=O) groups is 2. The van der Waals surface area contributed by atoms with E-state index in [1.54, 1.807) is 31.2 Å². The van der Waals surface area contributed by atoms with Crippen molar-refractivity contribution in [1.29, 1.82) is 0 Å². The van der Waals surface area contributed by atoms with E-state index in [4.69, 9.17) is 9.47 Å². The van der Waals surface area contributed by atoms with Crippen molar-refractivity contribution in [2.75, 3.05) is 0 Å². The highest BCUT2D eigenvalue weighted by Gasteiger charge is 2.28. The molecule has 2 heterocycles. The topological polar surface area (TPSA) is 57.5 Å². The lowest BCUT2D eigenvalue weighted by Gasteiger charge is -2.03. The molecule has 5 nitrogen and oxygen atoms in total. The molecule has 0 N–H and O–H groups in total. The Morgan fingerprint density at radius 1 is 1.19 bits per heavy atom. The van der Waals surface area contributed by atoms with E-state index < -0.39 is 0 Å². The van der Waals surface area contributed by atoms with Crippen LogP contribution < -0.4 is 9.47 Å². The number of aryl methyl sites for hydroxylation is 1. The molecule has 136 valence electrons. The van der Waals surface area contributed by atoms with Crippen molar-refractivity contribution in [1.82, 2.24) is 4.57 Å². The number of rotatable bonds is 4. The van der Waals surface area contributed by atoms with E-state index in [1.807, 2.05) is 24.4 Å². The van der Waals surface area contributed by atoms with Crippen LogP contribution in [0.1, 0.15) is 36.2 Å². The Balaban J connectivity index is 1.70. The number of fused-ring (bicyclic) bond motifs is 2. The van der Waals surface area contributed by atoms with Crippen molar-refractivity contribution in [3.05, 3.63) is 65.5 Å². The first-order valence-corrected chi connectivity index (χ1v) is 8.97. The van der Waals surface area contributed by atoms with Crippen molar-refractivity contribution in [2.45, 2.75) is 26.8 Å². The number of nitrogens with zero attached hydrogens (tertiary/aromatic N) is 1. The summed E-state index contributed by atoms with van der Waals surface area (Å²) in [5.74, 6) is 0.543. The summed E-state index contributed by atoms with van der Waals surface area (Å²) in [5.41, 5.74) is 2.52. The summed E-state index contributed by atoms with van der Waals surface area (Å²) in [4.78, 5) is 24.2. The summed E-state index contributed by atoms with van der Waals surface area (Å²) in [5, 5.41) is 1.07. The molecule has 1 aliphatic rings. The average molecular weight is 361 g/mol. The number of Topliss-reactive ketones (excluding diaryl/α,β-unsaturated/α-hetero) is 1. The second-order valence-corrected chi connectivity index (χ2v) is 6.31. The molecule has 0 fully saturated rings. The zero-order chi connectivity index (χ0) is 19.0. The van der Waals surface area contributed by atoms with Gasteiger partial charge in [-0.3, -0.25) is 9.59 Å². The molecule has 0 atom stereocenters. The highest BCUT2D eigenvalue weighted by Crippen LogP contribution is 2.35. The van der Waals surface area contributed by atoms with Crippen LogP contribution in [-0.4, -0.2) is 16.3 Å². The highest BCUT2D eigenvalue weighted by molar-refractivity contribution is 6.15. The van der Waals surface area contributed by atoms with Gasteiger partial charge in [0.15, 0.2) is 5.76 Å². The maximum absolute atomic E-state index is 12.7. The number of hydrogen-bond donors (Lipinski definition) is 0. The van der Waals surface area contributed by atoms with Crippen molar-refractivity contribution < 1.29 is 19.1 Å². The second-order valence-electron chi connectivity index (χ2n) is 6.31. The Hall–Kier alpha value is -3.34. The van der Waals surface area contributed by atoms with Gasteiger partial charge < -0.3 is 14.0 Å². The summed E-state index contributed by atoms with van der Waals surface area (Å²) in [6.07, 6.45) is 4.07. The van der Waals surface area contributed by atoms with Crippen molar-refractivity contribution in [3.63, 3.8) is 0 Å². The number of esters is 1. The lowest BCUT2D eigenvalue weighted by molar-refractivity contribution is -0.134. The molecule has 1 aliphatic heterocycles. The fraction of sp³-hybridized carbons (Fsp3) is 0.182. The van der Waals surface area contributed by atoms with E-state index in [9.17, 15) is 9.59 Å². The first-order valence-electron chi connectivity index (χ1n) is 8.97. The van der Waals surface area contributed by atoms with Crippen molar-refractivity contribution >= 4 is 28.7 Å². The van der Waals surface area contributed by atoms with Crippen LogP contribution in [-0.2, 0) is 11.3 Å². The molecule has 0 unspecified atom stereocenters. The van der Waals surface area contributed by atoms with Gasteiger partial charge in [-0.1, -0.05) is 25.1 Å². The van der Waals surface area contributed by atoms with Gasteiger partial charge in [0, 0.05) is 41.7 Å². The normalized spacial score (nSPS) is 14.4. The molecule has 1 aromatic heterocycles. The molecule has 0 saturated carbocycles. The molecule has 0 bridgehead atoms. The molecule has 0 radical (unpaired) electrons. The predicted octanol–water partition coefficient (Wildman–Crippen LogP) is 4.59. The van der Waals surface area contributed by atoms with Crippen LogP contribution >= 0.6 is 0 Å². The third kappa shape index (κ3) is 3.01. The van der Waals surface area contributed by atoms with E-state index in [2.05, 4.69) is 17.6 Å². The Bertz CT molecular complexity index is 1090. The largest absolute Gasteiger partial charge is 0.452 e. The summed E-state index contributed by atoms with van der Waals surface area (Å²) < 4.78 is 13.1. The summed E-state index contributed by atoms with van der Waals surface area (Å²) in [6, 6.07) is 12.9. The molecule has 0 spiro atoms. The van der Waals surface area contributed by atoms with Gasteiger partial charge >= 0.3 is 5.97 Å². The van der Waals surface area contributed by atoms with Crippen molar-refractivity contribution in [2.24, 2.45) is 0 Å². The van der Waals surface area contributed by atoms with Crippen LogP contribution in [0.2, 0.25) is 0 Å². The van der Waals surface area contributed by atoms with Crippen LogP contribution in [0, 0.1) is 0 Å². The maximum atomic E-state index is 12.7. The fourth-order valence-electron chi connectivity index (χ4n) is 3.23. The first-order chi connectivity index (χ1) is 13.1.